The first-order valence-electron chi connectivity index (χ1n) is 12.6. The molecule has 7 nitrogen and oxygen atoms in total. The van der Waals surface area contributed by atoms with Gasteiger partial charge < -0.3 is 19.0 Å². The van der Waals surface area contributed by atoms with Gasteiger partial charge >= 0.3 is 0 Å². The van der Waals surface area contributed by atoms with Gasteiger partial charge in [0.05, 0.1) is 24.2 Å². The van der Waals surface area contributed by atoms with Gasteiger partial charge in [-0.25, -0.2) is 0 Å². The first-order valence-corrected chi connectivity index (χ1v) is 20.6. The summed E-state index contributed by atoms with van der Waals surface area (Å²) < 4.78 is 47.6. The Bertz CT molecular complexity index is 902. The van der Waals surface area contributed by atoms with E-state index in [0.717, 1.165) is 11.6 Å². The number of rotatable bonds is 16. The zero-order chi connectivity index (χ0) is 27.6. The van der Waals surface area contributed by atoms with Crippen LogP contribution < -0.4 is 0 Å². The Kier molecular flexibility index (Phi) is 13.2. The van der Waals surface area contributed by atoms with Crippen LogP contribution in [0.4, 0.5) is 0 Å². The molecule has 0 spiro atoms. The van der Waals surface area contributed by atoms with Crippen LogP contribution >= 0.6 is 0 Å². The fourth-order valence-electron chi connectivity index (χ4n) is 2.64. The molecule has 0 aromatic heterocycles. The van der Waals surface area contributed by atoms with Crippen molar-refractivity contribution in [3.8, 4) is 0 Å². The summed E-state index contributed by atoms with van der Waals surface area (Å²) in [6.45, 7) is 20.6. The van der Waals surface area contributed by atoms with Gasteiger partial charge in [0.25, 0.3) is 10.1 Å². The number of benzene rings is 1. The van der Waals surface area contributed by atoms with Gasteiger partial charge in [0.15, 0.2) is 8.32 Å². The maximum Gasteiger partial charge on any atom is 0.297 e. The second-order valence-electron chi connectivity index (χ2n) is 12.0. The van der Waals surface area contributed by atoms with Crippen LogP contribution in [0.15, 0.2) is 41.3 Å². The minimum atomic E-state index is -3.92. The number of aliphatic hydroxyl groups is 1. The van der Waals surface area contributed by atoms with Crippen LogP contribution in [0.3, 0.4) is 0 Å². The van der Waals surface area contributed by atoms with Crippen LogP contribution in [0.2, 0.25) is 43.8 Å². The van der Waals surface area contributed by atoms with Crippen molar-refractivity contribution in [2.24, 2.45) is 0 Å². The summed E-state index contributed by atoms with van der Waals surface area (Å²) in [5.74, 6) is 0. The molecular formula is C26H48O7SSi2. The molecule has 0 saturated carbocycles. The van der Waals surface area contributed by atoms with Crippen LogP contribution in [0.1, 0.15) is 32.8 Å². The van der Waals surface area contributed by atoms with Gasteiger partial charge in [-0.2, -0.15) is 8.42 Å². The van der Waals surface area contributed by atoms with Crippen molar-refractivity contribution in [3.63, 3.8) is 0 Å². The molecule has 0 aliphatic carbocycles. The van der Waals surface area contributed by atoms with Gasteiger partial charge in [0, 0.05) is 14.7 Å². The second kappa shape index (κ2) is 14.3. The predicted octanol–water partition coefficient (Wildman–Crippen LogP) is 5.73. The predicted molar refractivity (Wildman–Crippen MR) is 151 cm³/mol. The molecule has 0 fully saturated rings. The summed E-state index contributed by atoms with van der Waals surface area (Å²) in [7, 11) is -7.05. The normalized spacial score (nSPS) is 15.4. The maximum absolute atomic E-state index is 12.3. The maximum atomic E-state index is 12.3. The summed E-state index contributed by atoms with van der Waals surface area (Å²) in [5.41, 5.74) is 0.954. The molecule has 0 unspecified atom stereocenters. The monoisotopic (exact) mass is 560 g/mol. The van der Waals surface area contributed by atoms with Gasteiger partial charge in [-0.3, -0.25) is 4.18 Å². The van der Waals surface area contributed by atoms with Crippen molar-refractivity contribution in [3.05, 3.63) is 42.0 Å². The van der Waals surface area contributed by atoms with Crippen molar-refractivity contribution in [1.29, 1.82) is 0 Å². The minimum Gasteiger partial charge on any atom is -0.414 e. The molecule has 1 rings (SSSR count). The van der Waals surface area contributed by atoms with Crippen molar-refractivity contribution >= 4 is 26.5 Å². The zero-order valence-corrected chi connectivity index (χ0v) is 26.5. The molecule has 0 heterocycles. The van der Waals surface area contributed by atoms with Crippen LogP contribution in [0, 0.1) is 6.92 Å². The third-order valence-corrected chi connectivity index (χ3v) is 13.8. The van der Waals surface area contributed by atoms with E-state index < -0.39 is 32.6 Å². The molecule has 0 amide bonds. The number of hydrogen-bond donors (Lipinski definition) is 1. The van der Waals surface area contributed by atoms with Crippen molar-refractivity contribution in [2.45, 2.75) is 95.0 Å². The lowest BCUT2D eigenvalue weighted by Crippen LogP contribution is -2.42. The first kappa shape index (κ1) is 33.2. The van der Waals surface area contributed by atoms with Crippen molar-refractivity contribution < 1.29 is 31.6 Å². The Hall–Kier alpha value is -0.856. The van der Waals surface area contributed by atoms with Crippen molar-refractivity contribution in [2.75, 3.05) is 26.6 Å². The van der Waals surface area contributed by atoms with Crippen LogP contribution in [-0.4, -0.2) is 68.7 Å². The first-order chi connectivity index (χ1) is 16.4. The van der Waals surface area contributed by atoms with Crippen LogP contribution in [-0.2, 0) is 28.2 Å². The molecule has 1 aromatic carbocycles. The van der Waals surface area contributed by atoms with E-state index in [0.29, 0.717) is 13.2 Å². The Labute approximate surface area is 221 Å². The molecule has 1 aromatic rings. The molecular weight excluding hydrogens is 513 g/mol. The summed E-state index contributed by atoms with van der Waals surface area (Å²) >= 11 is 0. The Balaban J connectivity index is 2.64. The van der Waals surface area contributed by atoms with E-state index >= 15 is 0 Å². The van der Waals surface area contributed by atoms with E-state index in [1.807, 2.05) is 13.0 Å². The van der Waals surface area contributed by atoms with Crippen LogP contribution in [0.5, 0.6) is 0 Å². The summed E-state index contributed by atoms with van der Waals surface area (Å²) in [6, 6.07) is 7.46. The van der Waals surface area contributed by atoms with Gasteiger partial charge in [-0.1, -0.05) is 70.3 Å². The van der Waals surface area contributed by atoms with Gasteiger partial charge in [0.2, 0.25) is 0 Å². The molecule has 10 heteroatoms. The summed E-state index contributed by atoms with van der Waals surface area (Å²) in [6.07, 6.45) is 2.52. The highest BCUT2D eigenvalue weighted by Gasteiger charge is 2.37. The Morgan fingerprint density at radius 1 is 1.03 bits per heavy atom. The zero-order valence-electron chi connectivity index (χ0n) is 23.7. The summed E-state index contributed by atoms with van der Waals surface area (Å²) in [4.78, 5) is 0.0706. The van der Waals surface area contributed by atoms with E-state index in [4.69, 9.17) is 18.1 Å². The highest BCUT2D eigenvalue weighted by molar-refractivity contribution is 7.86. The van der Waals surface area contributed by atoms with E-state index in [1.165, 1.54) is 12.1 Å². The quantitative estimate of drug-likeness (QED) is 0.0908. The van der Waals surface area contributed by atoms with Gasteiger partial charge in [0.1, 0.15) is 12.9 Å². The number of ether oxygens (including phenoxy) is 2. The number of aliphatic hydroxyl groups excluding tert-OH is 1. The van der Waals surface area contributed by atoms with E-state index in [2.05, 4.69) is 53.5 Å². The van der Waals surface area contributed by atoms with E-state index in [1.54, 1.807) is 18.2 Å². The fourth-order valence-corrected chi connectivity index (χ4v) is 5.35. The highest BCUT2D eigenvalue weighted by Crippen LogP contribution is 2.36. The smallest absolute Gasteiger partial charge is 0.297 e. The third-order valence-electron chi connectivity index (χ3n) is 6.26. The standard InChI is InChI=1S/C26H48O7SSi2/c1-22-13-15-25(16-14-22)34(28,29)32-19-23(27)11-10-12-24(20-33-36(8,9)26(2,3)4)31-21-30-17-18-35(5,6)7/h10,12-16,23-24,27H,11,17-21H2,1-9H3/b12-10-/t23-,24-/m0/s1. The van der Waals surface area contributed by atoms with Gasteiger partial charge in [-0.15, -0.1) is 0 Å². The number of hydrogen-bond acceptors (Lipinski definition) is 7. The average molecular weight is 561 g/mol. The third kappa shape index (κ3) is 13.1. The molecule has 36 heavy (non-hydrogen) atoms. The van der Waals surface area contributed by atoms with Gasteiger partial charge in [-0.05, 0) is 49.7 Å². The fraction of sp³-hybridized carbons (Fsp3) is 0.692. The lowest BCUT2D eigenvalue weighted by molar-refractivity contribution is -0.0823. The molecule has 208 valence electrons. The molecule has 2 atom stereocenters. The molecule has 0 aliphatic heterocycles. The molecule has 0 radical (unpaired) electrons. The molecule has 0 aliphatic rings. The largest absolute Gasteiger partial charge is 0.414 e. The topological polar surface area (TPSA) is 91.3 Å². The second-order valence-corrected chi connectivity index (χ2v) is 24.0. The lowest BCUT2D eigenvalue weighted by atomic mass is 10.2. The molecule has 0 saturated heterocycles. The van der Waals surface area contributed by atoms with Crippen LogP contribution in [0.25, 0.3) is 0 Å². The van der Waals surface area contributed by atoms with E-state index in [9.17, 15) is 13.5 Å². The average Bonchev–Trinajstić information content (AvgIpc) is 2.74. The Morgan fingerprint density at radius 2 is 1.64 bits per heavy atom. The summed E-state index contributed by atoms with van der Waals surface area (Å²) in [5, 5.41) is 10.4. The Morgan fingerprint density at radius 3 is 2.19 bits per heavy atom. The SMILES string of the molecule is Cc1ccc(S(=O)(=O)OC[C@@H](O)C/C=C\[C@@H](CO[Si](C)(C)C(C)(C)C)OCOCC[Si](C)(C)C)cc1. The number of aryl methyl sites for hydroxylation is 1. The molecule has 0 bridgehead atoms. The van der Waals surface area contributed by atoms with E-state index in [-0.39, 0.29) is 35.9 Å². The minimum absolute atomic E-state index is 0.0706. The van der Waals surface area contributed by atoms with Crippen molar-refractivity contribution in [1.82, 2.24) is 0 Å². The highest BCUT2D eigenvalue weighted by atomic mass is 32.2. The lowest BCUT2D eigenvalue weighted by Gasteiger charge is -2.37. The molecule has 1 N–H and O–H groups in total.